The lowest BCUT2D eigenvalue weighted by molar-refractivity contribution is -0.136. The van der Waals surface area contributed by atoms with Gasteiger partial charge in [-0.15, -0.1) is 0 Å². The van der Waals surface area contributed by atoms with Crippen molar-refractivity contribution in [3.63, 3.8) is 0 Å². The molecule has 1 saturated heterocycles. The summed E-state index contributed by atoms with van der Waals surface area (Å²) in [5, 5.41) is 5.38. The number of hydrogen-bond donors (Lipinski definition) is 2. The second-order valence-corrected chi connectivity index (χ2v) is 5.30. The van der Waals surface area contributed by atoms with Crippen LogP contribution in [0.3, 0.4) is 0 Å². The lowest BCUT2D eigenvalue weighted by Gasteiger charge is -2.26. The molecule has 0 unspecified atom stereocenters. The molecule has 2 N–H and O–H groups in total. The highest BCUT2D eigenvalue weighted by atomic mass is 16.5. The number of nitrogens with one attached hydrogen (secondary N) is 2. The molecule has 0 saturated carbocycles. The van der Waals surface area contributed by atoms with Crippen molar-refractivity contribution in [1.29, 1.82) is 0 Å². The quantitative estimate of drug-likeness (QED) is 0.854. The summed E-state index contributed by atoms with van der Waals surface area (Å²) in [6, 6.07) is 6.81. The van der Waals surface area contributed by atoms with E-state index in [2.05, 4.69) is 10.6 Å². The molecule has 0 bridgehead atoms. The van der Waals surface area contributed by atoms with Crippen LogP contribution in [0.25, 0.3) is 0 Å². The third kappa shape index (κ3) is 5.71. The van der Waals surface area contributed by atoms with Gasteiger partial charge in [0.15, 0.2) is 0 Å². The third-order valence-electron chi connectivity index (χ3n) is 3.42. The molecule has 0 aromatic heterocycles. The van der Waals surface area contributed by atoms with Crippen molar-refractivity contribution in [3.05, 3.63) is 24.3 Å². The predicted octanol–water partition coefficient (Wildman–Crippen LogP) is 1.22. The summed E-state index contributed by atoms with van der Waals surface area (Å²) in [5.41, 5.74) is 1.29. The van der Waals surface area contributed by atoms with Crippen LogP contribution in [-0.2, 0) is 19.1 Å². The van der Waals surface area contributed by atoms with Crippen molar-refractivity contribution in [2.75, 3.05) is 36.9 Å². The number of anilines is 2. The molecule has 2 rings (SSSR count). The molecule has 1 aliphatic heterocycles. The van der Waals surface area contributed by atoms with E-state index in [1.807, 2.05) is 0 Å². The number of carbonyl (C=O) groups excluding carboxylic acids is 3. The van der Waals surface area contributed by atoms with Gasteiger partial charge in [0.25, 0.3) is 0 Å². The summed E-state index contributed by atoms with van der Waals surface area (Å²) in [6.07, 6.45) is 0.333. The molecule has 1 aliphatic rings. The summed E-state index contributed by atoms with van der Waals surface area (Å²) in [5.74, 6) is -0.383. The van der Waals surface area contributed by atoms with Crippen LogP contribution in [0.2, 0.25) is 0 Å². The zero-order chi connectivity index (χ0) is 16.7. The molecule has 7 nitrogen and oxygen atoms in total. The Morgan fingerprint density at radius 2 is 1.57 bits per heavy atom. The maximum absolute atomic E-state index is 12.0. The van der Waals surface area contributed by atoms with Crippen molar-refractivity contribution in [1.82, 2.24) is 4.90 Å². The van der Waals surface area contributed by atoms with Gasteiger partial charge in [-0.25, -0.2) is 0 Å². The van der Waals surface area contributed by atoms with Crippen LogP contribution in [0.1, 0.15) is 19.8 Å². The van der Waals surface area contributed by atoms with Crippen molar-refractivity contribution < 1.29 is 19.1 Å². The van der Waals surface area contributed by atoms with Crippen molar-refractivity contribution in [2.24, 2.45) is 0 Å². The molecule has 124 valence electrons. The Balaban J connectivity index is 1.75. The average Bonchev–Trinajstić information content (AvgIpc) is 2.55. The van der Waals surface area contributed by atoms with Gasteiger partial charge in [0, 0.05) is 44.2 Å². The lowest BCUT2D eigenvalue weighted by Crippen LogP contribution is -2.40. The van der Waals surface area contributed by atoms with Crippen LogP contribution in [0.5, 0.6) is 0 Å². The minimum Gasteiger partial charge on any atom is -0.378 e. The zero-order valence-electron chi connectivity index (χ0n) is 13.1. The van der Waals surface area contributed by atoms with E-state index in [4.69, 9.17) is 4.74 Å². The summed E-state index contributed by atoms with van der Waals surface area (Å²) in [7, 11) is 0. The Morgan fingerprint density at radius 1 is 1.00 bits per heavy atom. The molecule has 0 radical (unpaired) electrons. The SMILES string of the molecule is CC(=O)Nc1ccc(NC(=O)CCC(=O)N2CCOCC2)cc1. The van der Waals surface area contributed by atoms with Crippen molar-refractivity contribution >= 4 is 29.1 Å². The number of morpholine rings is 1. The second-order valence-electron chi connectivity index (χ2n) is 5.30. The molecule has 3 amide bonds. The number of hydrogen-bond acceptors (Lipinski definition) is 4. The molecule has 7 heteroatoms. The maximum Gasteiger partial charge on any atom is 0.224 e. The first kappa shape index (κ1) is 17.0. The first-order valence-electron chi connectivity index (χ1n) is 7.57. The molecule has 0 atom stereocenters. The molecule has 23 heavy (non-hydrogen) atoms. The molecular formula is C16H21N3O4. The van der Waals surface area contributed by atoms with Gasteiger partial charge in [0.2, 0.25) is 17.7 Å². The molecule has 1 aromatic rings. The summed E-state index contributed by atoms with van der Waals surface area (Å²) < 4.78 is 5.19. The van der Waals surface area contributed by atoms with Gasteiger partial charge in [-0.1, -0.05) is 0 Å². The minimum atomic E-state index is -0.209. The van der Waals surface area contributed by atoms with Crippen LogP contribution in [0.4, 0.5) is 11.4 Å². The minimum absolute atomic E-state index is 0.0237. The molecule has 0 spiro atoms. The van der Waals surface area contributed by atoms with Crippen LogP contribution in [0, 0.1) is 0 Å². The molecule has 0 aliphatic carbocycles. The predicted molar refractivity (Wildman–Crippen MR) is 86.0 cm³/mol. The fraction of sp³-hybridized carbons (Fsp3) is 0.438. The smallest absolute Gasteiger partial charge is 0.224 e. The fourth-order valence-corrected chi connectivity index (χ4v) is 2.25. The third-order valence-corrected chi connectivity index (χ3v) is 3.42. The number of rotatable bonds is 5. The molecule has 1 fully saturated rings. The van der Waals surface area contributed by atoms with Gasteiger partial charge in [0.1, 0.15) is 0 Å². The van der Waals surface area contributed by atoms with Gasteiger partial charge in [-0.3, -0.25) is 14.4 Å². The van der Waals surface area contributed by atoms with Gasteiger partial charge in [-0.2, -0.15) is 0 Å². The van der Waals surface area contributed by atoms with Gasteiger partial charge in [-0.05, 0) is 24.3 Å². The lowest BCUT2D eigenvalue weighted by atomic mass is 10.2. The van der Waals surface area contributed by atoms with E-state index < -0.39 is 0 Å². The standard InChI is InChI=1S/C16H21N3O4/c1-12(20)17-13-2-4-14(5-3-13)18-15(21)6-7-16(22)19-8-10-23-11-9-19/h2-5H,6-11H2,1H3,(H,17,20)(H,18,21). The van der Waals surface area contributed by atoms with Crippen LogP contribution < -0.4 is 10.6 Å². The number of carbonyl (C=O) groups is 3. The Morgan fingerprint density at radius 3 is 2.13 bits per heavy atom. The number of ether oxygens (including phenoxy) is 1. The Labute approximate surface area is 135 Å². The van der Waals surface area contributed by atoms with Crippen LogP contribution in [-0.4, -0.2) is 48.9 Å². The number of amides is 3. The van der Waals surface area contributed by atoms with Crippen molar-refractivity contribution in [3.8, 4) is 0 Å². The first-order chi connectivity index (χ1) is 11.0. The zero-order valence-corrected chi connectivity index (χ0v) is 13.1. The highest BCUT2D eigenvalue weighted by Gasteiger charge is 2.17. The van der Waals surface area contributed by atoms with E-state index in [0.29, 0.717) is 37.7 Å². The van der Waals surface area contributed by atoms with E-state index >= 15 is 0 Å². The van der Waals surface area contributed by atoms with Crippen LogP contribution >= 0.6 is 0 Å². The van der Waals surface area contributed by atoms with E-state index in [0.717, 1.165) is 0 Å². The number of nitrogens with zero attached hydrogens (tertiary/aromatic N) is 1. The van der Waals surface area contributed by atoms with Gasteiger partial charge < -0.3 is 20.3 Å². The average molecular weight is 319 g/mol. The monoisotopic (exact) mass is 319 g/mol. The largest absolute Gasteiger partial charge is 0.378 e. The van der Waals surface area contributed by atoms with Crippen molar-refractivity contribution in [2.45, 2.75) is 19.8 Å². The Bertz CT molecular complexity index is 565. The topological polar surface area (TPSA) is 87.7 Å². The molecular weight excluding hydrogens is 298 g/mol. The van der Waals surface area contributed by atoms with Gasteiger partial charge in [0.05, 0.1) is 13.2 Å². The van der Waals surface area contributed by atoms with E-state index in [1.165, 1.54) is 6.92 Å². The van der Waals surface area contributed by atoms with Gasteiger partial charge >= 0.3 is 0 Å². The second kappa shape index (κ2) is 8.28. The van der Waals surface area contributed by atoms with E-state index in [9.17, 15) is 14.4 Å². The number of benzene rings is 1. The fourth-order valence-electron chi connectivity index (χ4n) is 2.25. The molecule has 1 heterocycles. The van der Waals surface area contributed by atoms with E-state index in [1.54, 1.807) is 29.2 Å². The van der Waals surface area contributed by atoms with E-state index in [-0.39, 0.29) is 30.6 Å². The molecule has 1 aromatic carbocycles. The normalized spacial score (nSPS) is 14.2. The highest BCUT2D eigenvalue weighted by molar-refractivity contribution is 5.94. The highest BCUT2D eigenvalue weighted by Crippen LogP contribution is 2.14. The van der Waals surface area contributed by atoms with Crippen LogP contribution in [0.15, 0.2) is 24.3 Å². The summed E-state index contributed by atoms with van der Waals surface area (Å²) >= 11 is 0. The summed E-state index contributed by atoms with van der Waals surface area (Å²) in [4.78, 5) is 36.5. The summed E-state index contributed by atoms with van der Waals surface area (Å²) in [6.45, 7) is 3.72. The first-order valence-corrected chi connectivity index (χ1v) is 7.57. The maximum atomic E-state index is 12.0. The Kier molecular flexibility index (Phi) is 6.10. The Hall–Kier alpha value is -2.41.